The fraction of sp³-hybridized carbons (Fsp3) is 0.259. The number of carbonyl (C=O) groups is 1. The predicted octanol–water partition coefficient (Wildman–Crippen LogP) is 3.71. The molecule has 1 aliphatic rings. The third-order valence-electron chi connectivity index (χ3n) is 6.07. The number of piperidine rings is 1. The summed E-state index contributed by atoms with van der Waals surface area (Å²) < 4.78 is 34.5. The van der Waals surface area contributed by atoms with Crippen molar-refractivity contribution in [3.8, 4) is 5.75 Å². The number of anilines is 1. The lowest BCUT2D eigenvalue weighted by molar-refractivity contribution is -0.605. The molecule has 1 fully saturated rings. The molecule has 0 spiro atoms. The van der Waals surface area contributed by atoms with Gasteiger partial charge in [0.25, 0.3) is 15.9 Å². The molecular formula is C27H29N3O5S. The molecule has 1 saturated heterocycles. The molecule has 188 valence electrons. The van der Waals surface area contributed by atoms with Gasteiger partial charge in [0.1, 0.15) is 5.75 Å². The molecule has 9 heteroatoms. The smallest absolute Gasteiger partial charge is 0.270 e. The molecule has 1 aliphatic heterocycles. The highest BCUT2D eigenvalue weighted by molar-refractivity contribution is 7.93. The minimum absolute atomic E-state index is 0.00265. The number of aromatic nitrogens is 1. The van der Waals surface area contributed by atoms with Crippen LogP contribution in [0.5, 0.6) is 5.75 Å². The van der Waals surface area contributed by atoms with Crippen LogP contribution < -0.4 is 13.8 Å². The average Bonchev–Trinajstić information content (AvgIpc) is 2.89. The van der Waals surface area contributed by atoms with E-state index in [4.69, 9.17) is 4.74 Å². The number of methoxy groups -OCH3 is 1. The van der Waals surface area contributed by atoms with E-state index in [-0.39, 0.29) is 17.1 Å². The third kappa shape index (κ3) is 5.92. The second-order valence-corrected chi connectivity index (χ2v) is 10.3. The van der Waals surface area contributed by atoms with E-state index >= 15 is 0 Å². The van der Waals surface area contributed by atoms with Crippen LogP contribution in [0.15, 0.2) is 78.0 Å². The zero-order valence-electron chi connectivity index (χ0n) is 20.1. The van der Waals surface area contributed by atoms with E-state index in [1.807, 2.05) is 4.90 Å². The number of pyridine rings is 1. The van der Waals surface area contributed by atoms with Gasteiger partial charge in [-0.25, -0.2) is 12.7 Å². The maximum atomic E-state index is 13.9. The number of carbonyl (C=O) groups excluding carboxylic acids is 1. The zero-order chi connectivity index (χ0) is 25.5. The molecule has 0 N–H and O–H groups in total. The largest absolute Gasteiger partial charge is 0.619 e. The molecule has 36 heavy (non-hydrogen) atoms. The summed E-state index contributed by atoms with van der Waals surface area (Å²) in [5, 5.41) is 11.3. The van der Waals surface area contributed by atoms with Crippen molar-refractivity contribution in [3.05, 3.63) is 89.4 Å². The lowest BCUT2D eigenvalue weighted by atomic mass is 10.1. The highest BCUT2D eigenvalue weighted by Crippen LogP contribution is 2.30. The monoisotopic (exact) mass is 507 g/mol. The molecule has 2 heterocycles. The molecule has 8 nitrogen and oxygen atoms in total. The lowest BCUT2D eigenvalue weighted by Gasteiger charge is -2.30. The topological polar surface area (TPSA) is 93.9 Å². The number of hydrogen-bond donors (Lipinski definition) is 0. The fourth-order valence-corrected chi connectivity index (χ4v) is 5.60. The van der Waals surface area contributed by atoms with Crippen LogP contribution in [0.1, 0.15) is 30.4 Å². The van der Waals surface area contributed by atoms with Crippen molar-refractivity contribution in [1.82, 2.24) is 4.90 Å². The van der Waals surface area contributed by atoms with Crippen molar-refractivity contribution in [3.63, 3.8) is 0 Å². The number of likely N-dealkylation sites (tertiary alicyclic amines) is 1. The first kappa shape index (κ1) is 25.4. The van der Waals surface area contributed by atoms with Crippen molar-refractivity contribution in [2.24, 2.45) is 0 Å². The van der Waals surface area contributed by atoms with Gasteiger partial charge in [-0.1, -0.05) is 36.8 Å². The summed E-state index contributed by atoms with van der Waals surface area (Å²) in [5.41, 5.74) is 1.59. The van der Waals surface area contributed by atoms with Crippen LogP contribution in [0.2, 0.25) is 0 Å². The van der Waals surface area contributed by atoms with Gasteiger partial charge in [-0.15, -0.1) is 0 Å². The number of amides is 1. The van der Waals surface area contributed by atoms with Gasteiger partial charge in [-0.05, 0) is 67.4 Å². The van der Waals surface area contributed by atoms with Gasteiger partial charge in [0, 0.05) is 12.1 Å². The number of nitrogens with zero attached hydrogens (tertiary/aromatic N) is 3. The molecule has 0 aliphatic carbocycles. The predicted molar refractivity (Wildman–Crippen MR) is 139 cm³/mol. The molecule has 1 aromatic heterocycles. The highest BCUT2D eigenvalue weighted by atomic mass is 32.2. The molecule has 0 atom stereocenters. The average molecular weight is 508 g/mol. The molecule has 0 unspecified atom stereocenters. The van der Waals surface area contributed by atoms with Crippen molar-refractivity contribution in [2.75, 3.05) is 31.0 Å². The maximum absolute atomic E-state index is 13.9. The van der Waals surface area contributed by atoms with Crippen LogP contribution in [-0.4, -0.2) is 46.0 Å². The summed E-state index contributed by atoms with van der Waals surface area (Å²) in [4.78, 5) is 15.6. The number of sulfonamides is 1. The van der Waals surface area contributed by atoms with Crippen molar-refractivity contribution < 1.29 is 22.7 Å². The molecule has 0 radical (unpaired) electrons. The van der Waals surface area contributed by atoms with Crippen LogP contribution in [0.25, 0.3) is 12.2 Å². The summed E-state index contributed by atoms with van der Waals surface area (Å²) in [6.07, 6.45) is 9.35. The first-order valence-corrected chi connectivity index (χ1v) is 13.2. The van der Waals surface area contributed by atoms with Crippen molar-refractivity contribution in [2.45, 2.75) is 24.2 Å². The zero-order valence-corrected chi connectivity index (χ0v) is 20.9. The Balaban J connectivity index is 1.75. The Morgan fingerprint density at radius 2 is 1.67 bits per heavy atom. The first-order valence-electron chi connectivity index (χ1n) is 11.8. The Labute approximate surface area is 211 Å². The van der Waals surface area contributed by atoms with Gasteiger partial charge in [0.05, 0.1) is 24.2 Å². The molecule has 1 amide bonds. The Kier molecular flexibility index (Phi) is 8.02. The highest BCUT2D eigenvalue weighted by Gasteiger charge is 2.33. The number of rotatable bonds is 8. The standard InChI is InChI=1S/C27H29N3O5S/c1-35-24-11-13-25(14-12-24)36(33,34)30(27(31)21-28-17-5-2-6-18-28)26-8-4-3-7-23(26)10-9-22-15-19-29(32)20-16-22/h3-4,7-16,19-20H,2,5-6,17-18,21H2,1H3. The Hall–Kier alpha value is -3.69. The summed E-state index contributed by atoms with van der Waals surface area (Å²) in [5.74, 6) is 0.00594. The van der Waals surface area contributed by atoms with Gasteiger partial charge in [0.2, 0.25) is 0 Å². The second-order valence-electron chi connectivity index (χ2n) is 8.56. The van der Waals surface area contributed by atoms with Gasteiger partial charge in [-0.3, -0.25) is 9.69 Å². The van der Waals surface area contributed by atoms with Crippen molar-refractivity contribution >= 4 is 33.8 Å². The van der Waals surface area contributed by atoms with Gasteiger partial charge in [-0.2, -0.15) is 4.73 Å². The molecule has 4 rings (SSSR count). The van der Waals surface area contributed by atoms with Gasteiger partial charge in [0.15, 0.2) is 12.4 Å². The molecule has 0 bridgehead atoms. The molecule has 3 aromatic rings. The van der Waals surface area contributed by atoms with Crippen LogP contribution in [0, 0.1) is 5.21 Å². The van der Waals surface area contributed by atoms with E-state index in [1.54, 1.807) is 60.7 Å². The third-order valence-corrected chi connectivity index (χ3v) is 7.82. The summed E-state index contributed by atoms with van der Waals surface area (Å²) >= 11 is 0. The summed E-state index contributed by atoms with van der Waals surface area (Å²) in [6.45, 7) is 1.53. The van der Waals surface area contributed by atoms with Crippen LogP contribution in [-0.2, 0) is 14.8 Å². The van der Waals surface area contributed by atoms with E-state index < -0.39 is 15.9 Å². The number of para-hydroxylation sites is 1. The fourth-order valence-electron chi connectivity index (χ4n) is 4.16. The van der Waals surface area contributed by atoms with Crippen LogP contribution in [0.4, 0.5) is 5.69 Å². The molecule has 2 aromatic carbocycles. The number of hydrogen-bond acceptors (Lipinski definition) is 6. The van der Waals surface area contributed by atoms with Gasteiger partial charge < -0.3 is 9.94 Å². The number of benzene rings is 2. The summed E-state index contributed by atoms with van der Waals surface area (Å²) in [6, 6.07) is 16.2. The van der Waals surface area contributed by atoms with E-state index in [2.05, 4.69) is 0 Å². The van der Waals surface area contributed by atoms with E-state index in [0.717, 1.165) is 42.2 Å². The van der Waals surface area contributed by atoms with Gasteiger partial charge >= 0.3 is 0 Å². The SMILES string of the molecule is COc1ccc(S(=O)(=O)N(C(=O)CN2CCCCC2)c2ccccc2C=Cc2cc[n+]([O-])cc2)cc1. The van der Waals surface area contributed by atoms with E-state index in [1.165, 1.54) is 31.6 Å². The molecule has 0 saturated carbocycles. The lowest BCUT2D eigenvalue weighted by Crippen LogP contribution is -2.45. The normalized spacial score (nSPS) is 14.6. The van der Waals surface area contributed by atoms with Crippen LogP contribution in [0.3, 0.4) is 0 Å². The Morgan fingerprint density at radius 3 is 2.33 bits per heavy atom. The maximum Gasteiger partial charge on any atom is 0.270 e. The Bertz CT molecular complexity index is 1320. The number of ether oxygens (including phenoxy) is 1. The minimum Gasteiger partial charge on any atom is -0.619 e. The molecular weight excluding hydrogens is 478 g/mol. The summed E-state index contributed by atoms with van der Waals surface area (Å²) in [7, 11) is -2.71. The van der Waals surface area contributed by atoms with E-state index in [9.17, 15) is 18.4 Å². The van der Waals surface area contributed by atoms with E-state index in [0.29, 0.717) is 16.0 Å². The Morgan fingerprint density at radius 1 is 1.00 bits per heavy atom. The quantitative estimate of drug-likeness (QED) is 0.341. The first-order chi connectivity index (χ1) is 17.4. The minimum atomic E-state index is -4.22. The van der Waals surface area contributed by atoms with Crippen molar-refractivity contribution in [1.29, 1.82) is 0 Å². The second kappa shape index (κ2) is 11.4. The van der Waals surface area contributed by atoms with Crippen LogP contribution >= 0.6 is 0 Å².